The standard InChI is InChI=1S/C18H15ClN2O3/c1-12(18(23)21-15-7-4-5-13(9-15)11-20)24-17(22)10-14-6-2-3-8-16(14)19/h2-9,12H,10H2,1H3,(H,21,23). The van der Waals surface area contributed by atoms with Crippen LogP contribution in [0.4, 0.5) is 5.69 Å². The molecule has 0 aliphatic heterocycles. The number of rotatable bonds is 5. The van der Waals surface area contributed by atoms with E-state index < -0.39 is 18.0 Å². The minimum absolute atomic E-state index is 0.0127. The van der Waals surface area contributed by atoms with E-state index >= 15 is 0 Å². The molecule has 1 unspecified atom stereocenters. The summed E-state index contributed by atoms with van der Waals surface area (Å²) < 4.78 is 5.13. The topological polar surface area (TPSA) is 79.2 Å². The second-order valence-corrected chi connectivity index (χ2v) is 5.49. The number of nitrogens with zero attached hydrogens (tertiary/aromatic N) is 1. The van der Waals surface area contributed by atoms with E-state index in [2.05, 4.69) is 5.32 Å². The lowest BCUT2D eigenvalue weighted by molar-refractivity contribution is -0.152. The van der Waals surface area contributed by atoms with Gasteiger partial charge in [0.1, 0.15) is 0 Å². The molecule has 0 fully saturated rings. The molecule has 1 atom stereocenters. The summed E-state index contributed by atoms with van der Waals surface area (Å²) in [6.45, 7) is 1.48. The first-order chi connectivity index (χ1) is 11.5. The van der Waals surface area contributed by atoms with E-state index in [1.54, 1.807) is 42.5 Å². The molecule has 0 saturated carbocycles. The third-order valence-corrected chi connectivity index (χ3v) is 3.60. The molecule has 0 aromatic heterocycles. The van der Waals surface area contributed by atoms with Crippen LogP contribution in [0.15, 0.2) is 48.5 Å². The van der Waals surface area contributed by atoms with E-state index in [1.165, 1.54) is 13.0 Å². The fraction of sp³-hybridized carbons (Fsp3) is 0.167. The Bertz CT molecular complexity index is 799. The van der Waals surface area contributed by atoms with Crippen LogP contribution in [0.25, 0.3) is 0 Å². The number of anilines is 1. The van der Waals surface area contributed by atoms with Crippen LogP contribution in [-0.2, 0) is 20.7 Å². The molecule has 2 rings (SSSR count). The molecule has 0 bridgehead atoms. The predicted octanol–water partition coefficient (Wildman–Crippen LogP) is 3.32. The van der Waals surface area contributed by atoms with Crippen LogP contribution in [0.5, 0.6) is 0 Å². The average Bonchev–Trinajstić information content (AvgIpc) is 2.57. The molecular formula is C18H15ClN2O3. The summed E-state index contributed by atoms with van der Waals surface area (Å²) in [4.78, 5) is 24.0. The number of esters is 1. The minimum Gasteiger partial charge on any atom is -0.452 e. The molecule has 2 aromatic rings. The Morgan fingerprint density at radius 2 is 2.00 bits per heavy atom. The highest BCUT2D eigenvalue weighted by molar-refractivity contribution is 6.31. The molecule has 0 radical (unpaired) electrons. The van der Waals surface area contributed by atoms with Crippen LogP contribution in [0, 0.1) is 11.3 Å². The number of benzene rings is 2. The maximum absolute atomic E-state index is 12.1. The third kappa shape index (κ3) is 4.83. The molecule has 6 heteroatoms. The lowest BCUT2D eigenvalue weighted by Gasteiger charge is -2.14. The van der Waals surface area contributed by atoms with Crippen LogP contribution in [0.1, 0.15) is 18.1 Å². The van der Waals surface area contributed by atoms with E-state index in [9.17, 15) is 9.59 Å². The summed E-state index contributed by atoms with van der Waals surface area (Å²) in [6.07, 6.45) is -0.980. The summed E-state index contributed by atoms with van der Waals surface area (Å²) in [6, 6.07) is 15.4. The van der Waals surface area contributed by atoms with E-state index in [1.807, 2.05) is 6.07 Å². The van der Waals surface area contributed by atoms with Gasteiger partial charge in [-0.2, -0.15) is 5.26 Å². The number of halogens is 1. The highest BCUT2D eigenvalue weighted by Gasteiger charge is 2.18. The zero-order chi connectivity index (χ0) is 17.5. The quantitative estimate of drug-likeness (QED) is 0.845. The lowest BCUT2D eigenvalue weighted by Crippen LogP contribution is -2.30. The number of nitrogens with one attached hydrogen (secondary N) is 1. The number of amides is 1. The summed E-state index contributed by atoms with van der Waals surface area (Å²) >= 11 is 5.99. The van der Waals surface area contributed by atoms with Crippen molar-refractivity contribution in [1.29, 1.82) is 5.26 Å². The van der Waals surface area contributed by atoms with Crippen LogP contribution >= 0.6 is 11.6 Å². The van der Waals surface area contributed by atoms with Gasteiger partial charge in [-0.25, -0.2) is 0 Å². The second-order valence-electron chi connectivity index (χ2n) is 5.08. The first-order valence-electron chi connectivity index (χ1n) is 7.23. The van der Waals surface area contributed by atoms with Crippen LogP contribution in [-0.4, -0.2) is 18.0 Å². The number of ether oxygens (including phenoxy) is 1. The molecule has 0 spiro atoms. The molecule has 0 saturated heterocycles. The molecule has 1 N–H and O–H groups in total. The highest BCUT2D eigenvalue weighted by Crippen LogP contribution is 2.16. The smallest absolute Gasteiger partial charge is 0.311 e. The Morgan fingerprint density at radius 1 is 1.25 bits per heavy atom. The normalized spacial score (nSPS) is 11.2. The Morgan fingerprint density at radius 3 is 2.71 bits per heavy atom. The van der Waals surface area contributed by atoms with Crippen molar-refractivity contribution in [2.24, 2.45) is 0 Å². The third-order valence-electron chi connectivity index (χ3n) is 3.23. The summed E-state index contributed by atoms with van der Waals surface area (Å²) in [5.74, 6) is -1.02. The van der Waals surface area contributed by atoms with Crippen molar-refractivity contribution in [2.75, 3.05) is 5.32 Å². The number of carbonyl (C=O) groups excluding carboxylic acids is 2. The average molecular weight is 343 g/mol. The van der Waals surface area contributed by atoms with Crippen molar-refractivity contribution in [3.63, 3.8) is 0 Å². The number of hydrogen-bond acceptors (Lipinski definition) is 4. The summed E-state index contributed by atoms with van der Waals surface area (Å²) in [7, 11) is 0. The minimum atomic E-state index is -0.967. The lowest BCUT2D eigenvalue weighted by atomic mass is 10.1. The van der Waals surface area contributed by atoms with Crippen LogP contribution in [0.3, 0.4) is 0 Å². The van der Waals surface area contributed by atoms with Crippen LogP contribution < -0.4 is 5.32 Å². The van der Waals surface area contributed by atoms with Crippen LogP contribution in [0.2, 0.25) is 5.02 Å². The molecular weight excluding hydrogens is 328 g/mol. The Balaban J connectivity index is 1.92. The van der Waals surface area contributed by atoms with Gasteiger partial charge in [-0.3, -0.25) is 9.59 Å². The monoisotopic (exact) mass is 342 g/mol. The van der Waals surface area contributed by atoms with Gasteiger partial charge in [0.15, 0.2) is 6.10 Å². The van der Waals surface area contributed by atoms with Crippen molar-refractivity contribution in [1.82, 2.24) is 0 Å². The van der Waals surface area contributed by atoms with Crippen molar-refractivity contribution >= 4 is 29.2 Å². The number of nitriles is 1. The van der Waals surface area contributed by atoms with Gasteiger partial charge >= 0.3 is 5.97 Å². The van der Waals surface area contributed by atoms with Gasteiger partial charge in [-0.1, -0.05) is 35.9 Å². The Kier molecular flexibility index (Phi) is 5.94. The van der Waals surface area contributed by atoms with Crippen molar-refractivity contribution in [2.45, 2.75) is 19.4 Å². The Labute approximate surface area is 144 Å². The SMILES string of the molecule is CC(OC(=O)Cc1ccccc1Cl)C(=O)Nc1cccc(C#N)c1. The fourth-order valence-electron chi connectivity index (χ4n) is 2.00. The molecule has 122 valence electrons. The molecule has 0 aliphatic rings. The first-order valence-corrected chi connectivity index (χ1v) is 7.61. The maximum Gasteiger partial charge on any atom is 0.311 e. The van der Waals surface area contributed by atoms with E-state index in [4.69, 9.17) is 21.6 Å². The van der Waals surface area contributed by atoms with Gasteiger partial charge in [0.25, 0.3) is 5.91 Å². The highest BCUT2D eigenvalue weighted by atomic mass is 35.5. The Hall–Kier alpha value is -2.84. The molecule has 0 heterocycles. The predicted molar refractivity (Wildman–Crippen MR) is 90.5 cm³/mol. The molecule has 5 nitrogen and oxygen atoms in total. The zero-order valence-corrected chi connectivity index (χ0v) is 13.7. The number of carbonyl (C=O) groups is 2. The van der Waals surface area contributed by atoms with Crippen molar-refractivity contribution in [3.8, 4) is 6.07 Å². The first kappa shape index (κ1) is 17.5. The van der Waals surface area contributed by atoms with Gasteiger partial charge in [0.05, 0.1) is 18.1 Å². The summed E-state index contributed by atoms with van der Waals surface area (Å²) in [5, 5.41) is 11.9. The van der Waals surface area contributed by atoms with Gasteiger partial charge < -0.3 is 10.1 Å². The van der Waals surface area contributed by atoms with E-state index in [0.29, 0.717) is 21.8 Å². The second kappa shape index (κ2) is 8.14. The van der Waals surface area contributed by atoms with E-state index in [0.717, 1.165) is 0 Å². The van der Waals surface area contributed by atoms with E-state index in [-0.39, 0.29) is 6.42 Å². The summed E-state index contributed by atoms with van der Waals surface area (Å²) in [5.41, 5.74) is 1.53. The molecule has 2 aromatic carbocycles. The zero-order valence-electron chi connectivity index (χ0n) is 13.0. The maximum atomic E-state index is 12.1. The van der Waals surface area contributed by atoms with Gasteiger partial charge in [-0.15, -0.1) is 0 Å². The van der Waals surface area contributed by atoms with Gasteiger partial charge in [-0.05, 0) is 36.8 Å². The van der Waals surface area contributed by atoms with Crippen molar-refractivity contribution < 1.29 is 14.3 Å². The largest absolute Gasteiger partial charge is 0.452 e. The molecule has 0 aliphatic carbocycles. The fourth-order valence-corrected chi connectivity index (χ4v) is 2.20. The van der Waals surface area contributed by atoms with Gasteiger partial charge in [0.2, 0.25) is 0 Å². The molecule has 1 amide bonds. The molecule has 24 heavy (non-hydrogen) atoms. The van der Waals surface area contributed by atoms with Crippen molar-refractivity contribution in [3.05, 3.63) is 64.7 Å². The number of hydrogen-bond donors (Lipinski definition) is 1. The van der Waals surface area contributed by atoms with Gasteiger partial charge in [0, 0.05) is 10.7 Å².